The van der Waals surface area contributed by atoms with E-state index in [2.05, 4.69) is 4.90 Å². The molecule has 2 aromatic rings. The van der Waals surface area contributed by atoms with Crippen molar-refractivity contribution in [3.05, 3.63) is 64.5 Å². The summed E-state index contributed by atoms with van der Waals surface area (Å²) in [5, 5.41) is 2.03. The molecule has 2 aromatic carbocycles. The van der Waals surface area contributed by atoms with Gasteiger partial charge in [0.25, 0.3) is 5.91 Å². The lowest BCUT2D eigenvalue weighted by Gasteiger charge is -2.35. The molecule has 0 spiro atoms. The van der Waals surface area contributed by atoms with E-state index in [1.165, 1.54) is 18.2 Å². The summed E-state index contributed by atoms with van der Waals surface area (Å²) in [4.78, 5) is 40.2. The van der Waals surface area contributed by atoms with E-state index in [0.717, 1.165) is 0 Å². The fraction of sp³-hybridized carbons (Fsp3) is 0.444. The first-order chi connectivity index (χ1) is 18.4. The third-order valence-corrected chi connectivity index (χ3v) is 6.49. The fourth-order valence-electron chi connectivity index (χ4n) is 4.91. The number of fused-ring (bicyclic) bond motifs is 1. The molecule has 190 valence electrons. The minimum atomic E-state index is -2.59. The first kappa shape index (κ1) is 20.8. The molecule has 3 aliphatic rings. The second-order valence-corrected chi connectivity index (χ2v) is 9.39. The molecule has 3 heterocycles. The highest BCUT2D eigenvalue weighted by Gasteiger charge is 2.40. The highest BCUT2D eigenvalue weighted by Crippen LogP contribution is 2.34. The van der Waals surface area contributed by atoms with Gasteiger partial charge in [0, 0.05) is 48.3 Å². The van der Waals surface area contributed by atoms with Gasteiger partial charge < -0.3 is 14.4 Å². The normalized spacial score (nSPS) is 29.2. The molecule has 1 N–H and O–H groups in total. The van der Waals surface area contributed by atoms with Crippen molar-refractivity contribution < 1.29 is 32.4 Å². The Morgan fingerprint density at radius 1 is 1.14 bits per heavy atom. The number of rotatable bonds is 6. The van der Waals surface area contributed by atoms with E-state index in [1.54, 1.807) is 18.2 Å². The van der Waals surface area contributed by atoms with Crippen molar-refractivity contribution in [3.63, 3.8) is 0 Å². The Morgan fingerprint density at radius 2 is 1.86 bits per heavy atom. The van der Waals surface area contributed by atoms with Gasteiger partial charge in [-0.3, -0.25) is 24.6 Å². The maximum atomic E-state index is 15.5. The highest BCUT2D eigenvalue weighted by molar-refractivity contribution is 6.05. The third-order valence-electron chi connectivity index (χ3n) is 6.49. The fourth-order valence-corrected chi connectivity index (χ4v) is 4.91. The number of ether oxygens (including phenoxy) is 2. The number of hydrogen-bond acceptors (Lipinski definition) is 6. The quantitative estimate of drug-likeness (QED) is 0.617. The summed E-state index contributed by atoms with van der Waals surface area (Å²) >= 11 is 0. The Bertz CT molecular complexity index is 1330. The molecular formula is C27H30FN3O5. The number of imide groups is 1. The SMILES string of the molecule is [2H]C1(N2C(=O)c3cccc(OCc4cccc(CN5CC(C)OC(C)C5)c4F)c3C2([2H])[2H])CCC(=O)NC1=O. The predicted molar refractivity (Wildman–Crippen MR) is 129 cm³/mol. The van der Waals surface area contributed by atoms with Gasteiger partial charge in [-0.25, -0.2) is 4.39 Å². The number of carbonyl (C=O) groups is 3. The summed E-state index contributed by atoms with van der Waals surface area (Å²) in [7, 11) is 0. The lowest BCUT2D eigenvalue weighted by Crippen LogP contribution is -2.52. The molecular weight excluding hydrogens is 465 g/mol. The molecule has 3 unspecified atom stereocenters. The maximum Gasteiger partial charge on any atom is 0.255 e. The molecule has 0 bridgehead atoms. The molecule has 8 nitrogen and oxygen atoms in total. The zero-order chi connectivity index (χ0) is 28.1. The van der Waals surface area contributed by atoms with Crippen LogP contribution in [-0.2, 0) is 34.0 Å². The van der Waals surface area contributed by atoms with Crippen molar-refractivity contribution in [2.24, 2.45) is 0 Å². The number of morpholine rings is 1. The van der Waals surface area contributed by atoms with Crippen LogP contribution in [0.1, 0.15) is 57.8 Å². The van der Waals surface area contributed by atoms with Crippen molar-refractivity contribution in [1.29, 1.82) is 0 Å². The van der Waals surface area contributed by atoms with Gasteiger partial charge in [-0.15, -0.1) is 0 Å². The number of nitrogens with zero attached hydrogens (tertiary/aromatic N) is 2. The lowest BCUT2D eigenvalue weighted by molar-refractivity contribution is -0.136. The van der Waals surface area contributed by atoms with Crippen LogP contribution in [0.15, 0.2) is 36.4 Å². The number of benzene rings is 2. The Hall–Kier alpha value is -3.30. The number of nitrogens with one attached hydrogen (secondary N) is 1. The predicted octanol–water partition coefficient (Wildman–Crippen LogP) is 2.77. The van der Waals surface area contributed by atoms with Gasteiger partial charge in [-0.05, 0) is 32.4 Å². The summed E-state index contributed by atoms with van der Waals surface area (Å²) in [6, 6.07) is 7.07. The second-order valence-electron chi connectivity index (χ2n) is 9.39. The molecule has 0 saturated carbocycles. The zero-order valence-electron chi connectivity index (χ0n) is 23.2. The summed E-state index contributed by atoms with van der Waals surface area (Å²) in [6.07, 6.45) is -0.453. The van der Waals surface area contributed by atoms with Crippen LogP contribution in [0.5, 0.6) is 5.75 Å². The molecule has 2 saturated heterocycles. The Labute approximate surface area is 213 Å². The van der Waals surface area contributed by atoms with E-state index in [9.17, 15) is 14.4 Å². The van der Waals surface area contributed by atoms with Crippen LogP contribution >= 0.6 is 0 Å². The Kier molecular flexibility index (Phi) is 5.78. The van der Waals surface area contributed by atoms with Gasteiger partial charge in [0.2, 0.25) is 11.8 Å². The van der Waals surface area contributed by atoms with Crippen molar-refractivity contribution in [3.8, 4) is 5.75 Å². The molecule has 0 aliphatic carbocycles. The van der Waals surface area contributed by atoms with Gasteiger partial charge in [0.1, 0.15) is 24.2 Å². The van der Waals surface area contributed by atoms with Crippen LogP contribution in [0, 0.1) is 5.82 Å². The Balaban J connectivity index is 1.38. The van der Waals surface area contributed by atoms with Gasteiger partial charge in [-0.1, -0.05) is 24.3 Å². The zero-order valence-corrected chi connectivity index (χ0v) is 20.2. The number of amides is 3. The molecule has 5 rings (SSSR count). The molecule has 0 aromatic heterocycles. The largest absolute Gasteiger partial charge is 0.488 e. The van der Waals surface area contributed by atoms with E-state index >= 15 is 4.39 Å². The summed E-state index contributed by atoms with van der Waals surface area (Å²) in [5.41, 5.74) is 0.572. The summed E-state index contributed by atoms with van der Waals surface area (Å²) in [6.45, 7) is 2.92. The first-order valence-electron chi connectivity index (χ1n) is 13.5. The van der Waals surface area contributed by atoms with Crippen LogP contribution < -0.4 is 10.1 Å². The van der Waals surface area contributed by atoms with Crippen molar-refractivity contribution in [2.75, 3.05) is 13.1 Å². The minimum Gasteiger partial charge on any atom is -0.488 e. The van der Waals surface area contributed by atoms with Gasteiger partial charge in [-0.2, -0.15) is 0 Å². The van der Waals surface area contributed by atoms with Crippen molar-refractivity contribution >= 4 is 17.7 Å². The molecule has 9 heteroatoms. The van der Waals surface area contributed by atoms with Gasteiger partial charge in [0.15, 0.2) is 0 Å². The maximum absolute atomic E-state index is 15.5. The standard InChI is InChI=1S/C27H30FN3O5/c1-16-11-30(12-17(2)36-16)13-18-5-3-6-19(25(18)28)15-35-23-8-4-7-20-21(23)14-31(27(20)34)22-9-10-24(32)29-26(22)33/h3-8,16-17,22H,9-15H2,1-2H3,(H,29,32,33)/i14D2,22D. The topological polar surface area (TPSA) is 88.2 Å². The average Bonchev–Trinajstić information content (AvgIpc) is 3.07. The van der Waals surface area contributed by atoms with E-state index in [-0.39, 0.29) is 54.1 Å². The summed E-state index contributed by atoms with van der Waals surface area (Å²) in [5.74, 6) is -2.93. The van der Waals surface area contributed by atoms with E-state index in [0.29, 0.717) is 30.1 Å². The average molecular weight is 499 g/mol. The second kappa shape index (κ2) is 9.99. The molecule has 36 heavy (non-hydrogen) atoms. The highest BCUT2D eigenvalue weighted by atomic mass is 19.1. The monoisotopic (exact) mass is 498 g/mol. The van der Waals surface area contributed by atoms with Crippen LogP contribution in [0.25, 0.3) is 0 Å². The van der Waals surface area contributed by atoms with Crippen molar-refractivity contribution in [1.82, 2.24) is 15.1 Å². The number of halogens is 1. The van der Waals surface area contributed by atoms with Crippen LogP contribution in [0.4, 0.5) is 4.39 Å². The molecule has 3 aliphatic heterocycles. The number of carbonyl (C=O) groups excluding carboxylic acids is 3. The van der Waals surface area contributed by atoms with E-state index < -0.39 is 36.1 Å². The third kappa shape index (κ3) is 4.85. The molecule has 3 amide bonds. The van der Waals surface area contributed by atoms with Crippen LogP contribution in [0.3, 0.4) is 0 Å². The summed E-state index contributed by atoms with van der Waals surface area (Å²) < 4.78 is 53.3. The minimum absolute atomic E-state index is 0.00451. The number of hydrogen-bond donors (Lipinski definition) is 1. The molecule has 2 fully saturated rings. The van der Waals surface area contributed by atoms with E-state index in [1.807, 2.05) is 19.2 Å². The Morgan fingerprint density at radius 3 is 2.61 bits per heavy atom. The van der Waals surface area contributed by atoms with Gasteiger partial charge in [0.05, 0.1) is 22.8 Å². The van der Waals surface area contributed by atoms with Crippen LogP contribution in [0.2, 0.25) is 0 Å². The molecule has 0 radical (unpaired) electrons. The van der Waals surface area contributed by atoms with Crippen molar-refractivity contribution in [2.45, 2.75) is 64.6 Å². The van der Waals surface area contributed by atoms with Gasteiger partial charge >= 0.3 is 0 Å². The molecule has 3 atom stereocenters. The first-order valence-corrected chi connectivity index (χ1v) is 12.0. The lowest BCUT2D eigenvalue weighted by atomic mass is 10.0. The van der Waals surface area contributed by atoms with Crippen LogP contribution in [-0.4, -0.2) is 58.8 Å². The number of piperidine rings is 1. The smallest absolute Gasteiger partial charge is 0.255 e. The van der Waals surface area contributed by atoms with E-state index in [4.69, 9.17) is 13.6 Å².